The molecule has 0 spiro atoms. The minimum absolute atomic E-state index is 0.0118. The summed E-state index contributed by atoms with van der Waals surface area (Å²) in [5.41, 5.74) is 5.17. The first kappa shape index (κ1) is 23.6. The van der Waals surface area contributed by atoms with Crippen LogP contribution in [0.15, 0.2) is 105 Å². The molecule has 2 N–H and O–H groups in total. The zero-order valence-corrected chi connectivity index (χ0v) is 19.9. The van der Waals surface area contributed by atoms with Gasteiger partial charge in [0.25, 0.3) is 5.91 Å². The summed E-state index contributed by atoms with van der Waals surface area (Å²) in [5.74, 6) is 0.273. The quantitative estimate of drug-likeness (QED) is 0.190. The van der Waals surface area contributed by atoms with Crippen molar-refractivity contribution in [2.75, 3.05) is 19.0 Å². The fourth-order valence-electron chi connectivity index (χ4n) is 3.81. The number of para-hydroxylation sites is 4. The summed E-state index contributed by atoms with van der Waals surface area (Å²) in [6.07, 6.45) is 3.19. The topological polar surface area (TPSA) is 111 Å². The average Bonchev–Trinajstić information content (AvgIpc) is 3.36. The maximum atomic E-state index is 12.8. The van der Waals surface area contributed by atoms with Gasteiger partial charge in [-0.2, -0.15) is 10.2 Å². The van der Waals surface area contributed by atoms with Crippen LogP contribution in [0.4, 0.5) is 5.69 Å². The zero-order chi connectivity index (χ0) is 25.6. The van der Waals surface area contributed by atoms with Gasteiger partial charge in [-0.3, -0.25) is 4.79 Å². The number of carbonyl (C=O) groups excluding carboxylic acids is 1. The molecule has 0 aliphatic heterocycles. The highest BCUT2D eigenvalue weighted by molar-refractivity contribution is 5.91. The predicted octanol–water partition coefficient (Wildman–Crippen LogP) is 4.22. The maximum Gasteiger partial charge on any atom is 0.345 e. The number of hydrogen-bond donors (Lipinski definition) is 2. The SMILES string of the molecule is COc1ccccc1NCC(=O)NN=Cc1cn(-c2ccccc2)nc1-c1cc2ccccc2oc1=O. The number of aromatic nitrogens is 2. The van der Waals surface area contributed by atoms with E-state index in [9.17, 15) is 9.59 Å². The van der Waals surface area contributed by atoms with Gasteiger partial charge in [-0.25, -0.2) is 14.9 Å². The second-order valence-corrected chi connectivity index (χ2v) is 8.05. The van der Waals surface area contributed by atoms with Gasteiger partial charge in [0.05, 0.1) is 36.8 Å². The van der Waals surface area contributed by atoms with E-state index >= 15 is 0 Å². The average molecular weight is 494 g/mol. The first-order valence-electron chi connectivity index (χ1n) is 11.5. The number of ether oxygens (including phenoxy) is 1. The van der Waals surface area contributed by atoms with E-state index < -0.39 is 5.63 Å². The van der Waals surface area contributed by atoms with Crippen LogP contribution in [0.25, 0.3) is 27.9 Å². The maximum absolute atomic E-state index is 12.8. The third kappa shape index (κ3) is 5.25. The van der Waals surface area contributed by atoms with Crippen LogP contribution < -0.4 is 21.1 Å². The zero-order valence-electron chi connectivity index (χ0n) is 19.9. The van der Waals surface area contributed by atoms with E-state index in [0.29, 0.717) is 33.8 Å². The van der Waals surface area contributed by atoms with Crippen LogP contribution in [0, 0.1) is 0 Å². The summed E-state index contributed by atoms with van der Waals surface area (Å²) in [7, 11) is 1.56. The molecule has 0 unspecified atom stereocenters. The Morgan fingerprint density at radius 2 is 1.81 bits per heavy atom. The highest BCUT2D eigenvalue weighted by atomic mass is 16.5. The Balaban J connectivity index is 1.41. The van der Waals surface area contributed by atoms with E-state index in [4.69, 9.17) is 9.15 Å². The molecule has 5 aromatic rings. The molecule has 9 heteroatoms. The first-order valence-corrected chi connectivity index (χ1v) is 11.5. The summed E-state index contributed by atoms with van der Waals surface area (Å²) in [6, 6.07) is 25.8. The van der Waals surface area contributed by atoms with Crippen molar-refractivity contribution in [3.8, 4) is 22.7 Å². The summed E-state index contributed by atoms with van der Waals surface area (Å²) < 4.78 is 12.4. The van der Waals surface area contributed by atoms with E-state index in [1.807, 2.05) is 60.7 Å². The molecule has 0 radical (unpaired) electrons. The molecular weight excluding hydrogens is 470 g/mol. The van der Waals surface area contributed by atoms with Gasteiger partial charge in [-0.05, 0) is 36.4 Å². The van der Waals surface area contributed by atoms with Crippen molar-refractivity contribution in [1.29, 1.82) is 0 Å². The van der Waals surface area contributed by atoms with Gasteiger partial charge in [0, 0.05) is 17.1 Å². The number of benzene rings is 3. The van der Waals surface area contributed by atoms with Crippen LogP contribution in [0.5, 0.6) is 5.75 Å². The number of fused-ring (bicyclic) bond motifs is 1. The molecule has 184 valence electrons. The Morgan fingerprint density at radius 1 is 1.05 bits per heavy atom. The molecular formula is C28H23N5O4. The number of carbonyl (C=O) groups is 1. The lowest BCUT2D eigenvalue weighted by Crippen LogP contribution is -2.26. The molecule has 0 atom stereocenters. The standard InChI is InChI=1S/C28H23N5O4/c1-36-25-14-8-6-12-23(25)29-17-26(34)31-30-16-20-18-33(21-10-3-2-4-11-21)32-27(20)22-15-19-9-5-7-13-24(19)37-28(22)35/h2-16,18,29H,17H2,1H3,(H,31,34). The Morgan fingerprint density at radius 3 is 2.65 bits per heavy atom. The molecule has 0 saturated carbocycles. The molecule has 3 aromatic carbocycles. The molecule has 37 heavy (non-hydrogen) atoms. The van der Waals surface area contributed by atoms with Gasteiger partial charge in [-0.15, -0.1) is 0 Å². The van der Waals surface area contributed by atoms with Crippen LogP contribution in [0.1, 0.15) is 5.56 Å². The van der Waals surface area contributed by atoms with Gasteiger partial charge in [0.1, 0.15) is 17.0 Å². The van der Waals surface area contributed by atoms with E-state index in [1.54, 1.807) is 42.3 Å². The monoisotopic (exact) mass is 493 g/mol. The Bertz CT molecular complexity index is 1640. The molecule has 0 bridgehead atoms. The minimum atomic E-state index is -0.517. The van der Waals surface area contributed by atoms with Crippen molar-refractivity contribution < 1.29 is 13.9 Å². The number of nitrogens with one attached hydrogen (secondary N) is 2. The Labute approximate surface area is 212 Å². The van der Waals surface area contributed by atoms with Gasteiger partial charge >= 0.3 is 5.63 Å². The van der Waals surface area contributed by atoms with Crippen LogP contribution in [0.2, 0.25) is 0 Å². The number of amides is 1. The molecule has 0 aliphatic carbocycles. The molecule has 0 saturated heterocycles. The third-order valence-electron chi connectivity index (χ3n) is 5.60. The number of hydrogen-bond acceptors (Lipinski definition) is 7. The van der Waals surface area contributed by atoms with Crippen LogP contribution in [0.3, 0.4) is 0 Å². The van der Waals surface area contributed by atoms with Crippen LogP contribution in [-0.4, -0.2) is 35.6 Å². The molecule has 2 aromatic heterocycles. The van der Waals surface area contributed by atoms with Crippen LogP contribution in [-0.2, 0) is 4.79 Å². The van der Waals surface area contributed by atoms with Crippen molar-refractivity contribution in [2.45, 2.75) is 0 Å². The third-order valence-corrected chi connectivity index (χ3v) is 5.60. The fourth-order valence-corrected chi connectivity index (χ4v) is 3.81. The Hall–Kier alpha value is -5.18. The van der Waals surface area contributed by atoms with Gasteiger partial charge in [-0.1, -0.05) is 48.5 Å². The van der Waals surface area contributed by atoms with E-state index in [1.165, 1.54) is 6.21 Å². The summed E-state index contributed by atoms with van der Waals surface area (Å²) in [5, 5.41) is 12.5. The van der Waals surface area contributed by atoms with Gasteiger partial charge in [0.15, 0.2) is 0 Å². The van der Waals surface area contributed by atoms with Crippen LogP contribution >= 0.6 is 0 Å². The molecule has 1 amide bonds. The van der Waals surface area contributed by atoms with Crippen molar-refractivity contribution in [2.24, 2.45) is 5.10 Å². The normalized spacial score (nSPS) is 11.1. The number of rotatable bonds is 8. The lowest BCUT2D eigenvalue weighted by atomic mass is 10.1. The van der Waals surface area contributed by atoms with Crippen molar-refractivity contribution in [3.05, 3.63) is 107 Å². The Kier molecular flexibility index (Phi) is 6.76. The largest absolute Gasteiger partial charge is 0.495 e. The number of nitrogens with zero attached hydrogens (tertiary/aromatic N) is 3. The highest BCUT2D eigenvalue weighted by Crippen LogP contribution is 2.24. The van der Waals surface area contributed by atoms with Gasteiger partial charge in [0.2, 0.25) is 0 Å². The number of methoxy groups -OCH3 is 1. The second-order valence-electron chi connectivity index (χ2n) is 8.05. The molecule has 9 nitrogen and oxygen atoms in total. The molecule has 2 heterocycles. The molecule has 0 fully saturated rings. The minimum Gasteiger partial charge on any atom is -0.495 e. The van der Waals surface area contributed by atoms with Crippen molar-refractivity contribution >= 4 is 28.8 Å². The summed E-state index contributed by atoms with van der Waals surface area (Å²) in [6.45, 7) is -0.0118. The molecule has 0 aliphatic rings. The second kappa shape index (κ2) is 10.6. The number of hydrazone groups is 1. The smallest absolute Gasteiger partial charge is 0.345 e. The van der Waals surface area contributed by atoms with E-state index in [-0.39, 0.29) is 12.5 Å². The van der Waals surface area contributed by atoms with Gasteiger partial charge < -0.3 is 14.5 Å². The first-order chi connectivity index (χ1) is 18.1. The lowest BCUT2D eigenvalue weighted by Gasteiger charge is -2.09. The molecule has 5 rings (SSSR count). The fraction of sp³-hybridized carbons (Fsp3) is 0.0714. The highest BCUT2D eigenvalue weighted by Gasteiger charge is 2.16. The lowest BCUT2D eigenvalue weighted by molar-refractivity contribution is -0.119. The summed E-state index contributed by atoms with van der Waals surface area (Å²) in [4.78, 5) is 25.2. The van der Waals surface area contributed by atoms with E-state index in [0.717, 1.165) is 11.1 Å². The van der Waals surface area contributed by atoms with E-state index in [2.05, 4.69) is 20.9 Å². The summed E-state index contributed by atoms with van der Waals surface area (Å²) >= 11 is 0. The predicted molar refractivity (Wildman–Crippen MR) is 142 cm³/mol. The number of anilines is 1. The van der Waals surface area contributed by atoms with Crippen molar-refractivity contribution in [3.63, 3.8) is 0 Å². The van der Waals surface area contributed by atoms with Crippen molar-refractivity contribution in [1.82, 2.24) is 15.2 Å².